The number of hydrogen-bond donors (Lipinski definition) is 3. The van der Waals surface area contributed by atoms with Crippen LogP contribution in [0.4, 0.5) is 5.69 Å². The van der Waals surface area contributed by atoms with E-state index in [1.165, 1.54) is 0 Å². The summed E-state index contributed by atoms with van der Waals surface area (Å²) in [5.41, 5.74) is 9.28. The zero-order valence-corrected chi connectivity index (χ0v) is 16.8. The molecule has 4 N–H and O–H groups in total. The maximum atomic E-state index is 12.8. The molecule has 0 fully saturated rings. The van der Waals surface area contributed by atoms with Crippen LogP contribution in [0.2, 0.25) is 0 Å². The second kappa shape index (κ2) is 8.41. The van der Waals surface area contributed by atoms with Crippen molar-refractivity contribution in [1.82, 2.24) is 14.9 Å². The highest BCUT2D eigenvalue weighted by atomic mass is 16.2. The Morgan fingerprint density at radius 3 is 2.63 bits per heavy atom. The summed E-state index contributed by atoms with van der Waals surface area (Å²) in [7, 11) is 0. The topological polar surface area (TPSA) is 102 Å². The fourth-order valence-electron chi connectivity index (χ4n) is 3.95. The Labute approximate surface area is 175 Å². The highest BCUT2D eigenvalue weighted by Gasteiger charge is 2.30. The Kier molecular flexibility index (Phi) is 5.52. The van der Waals surface area contributed by atoms with Crippen LogP contribution in [0, 0.1) is 0 Å². The number of aryl methyl sites for hydroxylation is 1. The number of carbonyl (C=O) groups is 2. The lowest BCUT2D eigenvalue weighted by molar-refractivity contribution is -0.120. The van der Waals surface area contributed by atoms with Gasteiger partial charge in [0, 0.05) is 48.5 Å². The maximum absolute atomic E-state index is 12.8. The zero-order chi connectivity index (χ0) is 21.1. The summed E-state index contributed by atoms with van der Waals surface area (Å²) in [4.78, 5) is 28.8. The minimum Gasteiger partial charge on any atom is -0.377 e. The number of benzene rings is 1. The van der Waals surface area contributed by atoms with Crippen LogP contribution in [0.5, 0.6) is 0 Å². The Bertz CT molecular complexity index is 1030. The summed E-state index contributed by atoms with van der Waals surface area (Å²) in [6, 6.07) is 12.8. The Balaban J connectivity index is 1.46. The quantitative estimate of drug-likeness (QED) is 0.564. The molecular weight excluding hydrogens is 378 g/mol. The van der Waals surface area contributed by atoms with Gasteiger partial charge < -0.3 is 20.9 Å². The third-order valence-electron chi connectivity index (χ3n) is 5.67. The molecule has 154 valence electrons. The van der Waals surface area contributed by atoms with E-state index >= 15 is 0 Å². The van der Waals surface area contributed by atoms with Crippen molar-refractivity contribution in [2.75, 3.05) is 5.32 Å². The van der Waals surface area contributed by atoms with Crippen molar-refractivity contribution in [3.63, 3.8) is 0 Å². The van der Waals surface area contributed by atoms with Crippen LogP contribution >= 0.6 is 0 Å². The number of fused-ring (bicyclic) bond motifs is 1. The van der Waals surface area contributed by atoms with Gasteiger partial charge in [-0.3, -0.25) is 14.6 Å². The van der Waals surface area contributed by atoms with E-state index in [-0.39, 0.29) is 17.9 Å². The average molecular weight is 403 g/mol. The molecule has 3 heterocycles. The number of nitrogens with one attached hydrogen (secondary N) is 2. The van der Waals surface area contributed by atoms with Gasteiger partial charge in [-0.1, -0.05) is 6.92 Å². The smallest absolute Gasteiger partial charge is 0.251 e. The van der Waals surface area contributed by atoms with Gasteiger partial charge in [-0.2, -0.15) is 0 Å². The second-order valence-electron chi connectivity index (χ2n) is 7.63. The van der Waals surface area contributed by atoms with E-state index in [4.69, 9.17) is 5.73 Å². The van der Waals surface area contributed by atoms with E-state index in [9.17, 15) is 9.59 Å². The van der Waals surface area contributed by atoms with Crippen LogP contribution in [0.15, 0.2) is 67.3 Å². The number of nitrogens with zero attached hydrogens (tertiary/aromatic N) is 2. The number of aromatic nitrogens is 2. The Hall–Kier alpha value is -3.61. The number of nitrogens with two attached hydrogens (primary N) is 1. The summed E-state index contributed by atoms with van der Waals surface area (Å²) in [6.45, 7) is 2.73. The highest BCUT2D eigenvalue weighted by molar-refractivity contribution is 5.98. The second-order valence-corrected chi connectivity index (χ2v) is 7.63. The highest BCUT2D eigenvalue weighted by Crippen LogP contribution is 2.43. The standard InChI is InChI=1S/C23H25N5O2/c1-15-18-14-17(4-5-19(18)26-21(15)16-6-9-25-10-7-16)23(30)27-20(22(24)29)8-13-28-11-2-3-12-28/h2-7,9-12,14-15,20-21,26H,8,13H2,1H3,(H2,24,29)(H,27,30)/t15?,20-,21?/m0/s1. The van der Waals surface area contributed by atoms with E-state index in [1.807, 2.05) is 53.4 Å². The SMILES string of the molecule is CC1c2cc(C(=O)N[C@@H](CCn3cccc3)C(N)=O)ccc2NC1c1ccncc1. The molecule has 0 radical (unpaired) electrons. The first kappa shape index (κ1) is 19.7. The van der Waals surface area contributed by atoms with Crippen LogP contribution < -0.4 is 16.4 Å². The molecule has 30 heavy (non-hydrogen) atoms. The molecule has 2 unspecified atom stereocenters. The Morgan fingerprint density at radius 2 is 1.93 bits per heavy atom. The van der Waals surface area contributed by atoms with Crippen molar-refractivity contribution >= 4 is 17.5 Å². The van der Waals surface area contributed by atoms with Gasteiger partial charge in [0.2, 0.25) is 5.91 Å². The molecule has 2 aromatic heterocycles. The fourth-order valence-corrected chi connectivity index (χ4v) is 3.95. The van der Waals surface area contributed by atoms with Gasteiger partial charge in [-0.05, 0) is 60.0 Å². The number of carbonyl (C=O) groups excluding carboxylic acids is 2. The lowest BCUT2D eigenvalue weighted by Gasteiger charge is -2.17. The van der Waals surface area contributed by atoms with Gasteiger partial charge in [0.15, 0.2) is 0 Å². The fraction of sp³-hybridized carbons (Fsp3) is 0.261. The molecular formula is C23H25N5O2. The van der Waals surface area contributed by atoms with Crippen LogP contribution in [0.25, 0.3) is 0 Å². The lowest BCUT2D eigenvalue weighted by Crippen LogP contribution is -2.45. The molecule has 3 atom stereocenters. The van der Waals surface area contributed by atoms with E-state index in [2.05, 4.69) is 22.5 Å². The molecule has 1 aliphatic rings. The Morgan fingerprint density at radius 1 is 1.20 bits per heavy atom. The van der Waals surface area contributed by atoms with Crippen LogP contribution in [0.1, 0.15) is 46.8 Å². The number of amides is 2. The van der Waals surface area contributed by atoms with Crippen molar-refractivity contribution in [3.8, 4) is 0 Å². The monoisotopic (exact) mass is 403 g/mol. The first-order chi connectivity index (χ1) is 14.5. The third-order valence-corrected chi connectivity index (χ3v) is 5.67. The predicted octanol–water partition coefficient (Wildman–Crippen LogP) is 2.83. The van der Waals surface area contributed by atoms with E-state index in [1.54, 1.807) is 18.5 Å². The summed E-state index contributed by atoms with van der Waals surface area (Å²) < 4.78 is 1.95. The van der Waals surface area contributed by atoms with Crippen molar-refractivity contribution in [1.29, 1.82) is 0 Å². The molecule has 1 aliphatic heterocycles. The van der Waals surface area contributed by atoms with Gasteiger partial charge in [-0.25, -0.2) is 0 Å². The first-order valence-corrected chi connectivity index (χ1v) is 10.0. The number of pyridine rings is 1. The van der Waals surface area contributed by atoms with E-state index < -0.39 is 11.9 Å². The summed E-state index contributed by atoms with van der Waals surface area (Å²) in [5, 5.41) is 6.31. The van der Waals surface area contributed by atoms with Gasteiger partial charge >= 0.3 is 0 Å². The summed E-state index contributed by atoms with van der Waals surface area (Å²) >= 11 is 0. The molecule has 3 aromatic rings. The molecule has 2 amide bonds. The summed E-state index contributed by atoms with van der Waals surface area (Å²) in [5.74, 6) is -0.644. The lowest BCUT2D eigenvalue weighted by atomic mass is 9.92. The molecule has 0 aliphatic carbocycles. The molecule has 7 nitrogen and oxygen atoms in total. The molecule has 7 heteroatoms. The first-order valence-electron chi connectivity index (χ1n) is 10.0. The largest absolute Gasteiger partial charge is 0.377 e. The molecule has 0 spiro atoms. The minimum absolute atomic E-state index is 0.126. The van der Waals surface area contributed by atoms with Crippen molar-refractivity contribution in [3.05, 3.63) is 83.9 Å². The molecule has 0 saturated heterocycles. The normalized spacial score (nSPS) is 18.3. The molecule has 1 aromatic carbocycles. The van der Waals surface area contributed by atoms with Crippen molar-refractivity contribution < 1.29 is 9.59 Å². The molecule has 0 bridgehead atoms. The van der Waals surface area contributed by atoms with Crippen molar-refractivity contribution in [2.45, 2.75) is 37.9 Å². The average Bonchev–Trinajstić information content (AvgIpc) is 3.39. The number of anilines is 1. The van der Waals surface area contributed by atoms with Gasteiger partial charge in [0.1, 0.15) is 6.04 Å². The predicted molar refractivity (Wildman–Crippen MR) is 115 cm³/mol. The van der Waals surface area contributed by atoms with Crippen LogP contribution in [-0.4, -0.2) is 27.4 Å². The number of primary amides is 1. The molecule has 4 rings (SSSR count). The molecule has 0 saturated carbocycles. The van der Waals surface area contributed by atoms with Crippen molar-refractivity contribution in [2.24, 2.45) is 5.73 Å². The number of rotatable bonds is 7. The van der Waals surface area contributed by atoms with Gasteiger partial charge in [-0.15, -0.1) is 0 Å². The van der Waals surface area contributed by atoms with Crippen LogP contribution in [0.3, 0.4) is 0 Å². The summed E-state index contributed by atoms with van der Waals surface area (Å²) in [6.07, 6.45) is 7.82. The number of hydrogen-bond acceptors (Lipinski definition) is 4. The third kappa shape index (κ3) is 4.05. The van der Waals surface area contributed by atoms with Gasteiger partial charge in [0.25, 0.3) is 5.91 Å². The van der Waals surface area contributed by atoms with Crippen LogP contribution in [-0.2, 0) is 11.3 Å². The van der Waals surface area contributed by atoms with E-state index in [0.717, 1.165) is 16.8 Å². The maximum Gasteiger partial charge on any atom is 0.251 e. The zero-order valence-electron chi connectivity index (χ0n) is 16.8. The minimum atomic E-state index is -0.728. The van der Waals surface area contributed by atoms with E-state index in [0.29, 0.717) is 18.5 Å². The van der Waals surface area contributed by atoms with Gasteiger partial charge in [0.05, 0.1) is 6.04 Å².